The molecular weight excluding hydrogens is 184 g/mol. The van der Waals surface area contributed by atoms with Crippen LogP contribution in [0.25, 0.3) is 0 Å². The van der Waals surface area contributed by atoms with Gasteiger partial charge in [0.1, 0.15) is 6.10 Å². The highest BCUT2D eigenvalue weighted by Gasteiger charge is 2.21. The second kappa shape index (κ2) is 4.45. The van der Waals surface area contributed by atoms with Gasteiger partial charge in [-0.2, -0.15) is 0 Å². The molecule has 1 atom stereocenters. The van der Waals surface area contributed by atoms with Crippen molar-refractivity contribution < 1.29 is 14.6 Å². The smallest absolute Gasteiger partial charge is 0.160 e. The van der Waals surface area contributed by atoms with Crippen LogP contribution in [0.4, 0.5) is 0 Å². The van der Waals surface area contributed by atoms with Gasteiger partial charge in [0.25, 0.3) is 0 Å². The third-order valence-electron chi connectivity index (χ3n) is 2.03. The van der Waals surface area contributed by atoms with E-state index in [1.165, 1.54) is 0 Å². The van der Waals surface area contributed by atoms with Crippen LogP contribution in [0.3, 0.4) is 0 Å². The van der Waals surface area contributed by atoms with E-state index in [1.807, 2.05) is 0 Å². The van der Waals surface area contributed by atoms with E-state index in [1.54, 1.807) is 18.6 Å². The fraction of sp³-hybridized carbons (Fsp3) is 0.556. The molecule has 1 aliphatic heterocycles. The van der Waals surface area contributed by atoms with Gasteiger partial charge in [-0.05, 0) is 0 Å². The van der Waals surface area contributed by atoms with E-state index < -0.39 is 6.10 Å². The van der Waals surface area contributed by atoms with Crippen LogP contribution in [0, 0.1) is 0 Å². The van der Waals surface area contributed by atoms with Crippen LogP contribution < -0.4 is 0 Å². The summed E-state index contributed by atoms with van der Waals surface area (Å²) in [5.74, 6) is 0. The van der Waals surface area contributed by atoms with E-state index in [4.69, 9.17) is 9.47 Å². The third kappa shape index (κ3) is 2.25. The molecule has 1 fully saturated rings. The lowest BCUT2D eigenvalue weighted by Crippen LogP contribution is -2.14. The lowest BCUT2D eigenvalue weighted by molar-refractivity contribution is -0.0714. The summed E-state index contributed by atoms with van der Waals surface area (Å²) in [4.78, 5) is 7.87. The number of nitrogens with zero attached hydrogens (tertiary/aromatic N) is 2. The van der Waals surface area contributed by atoms with Gasteiger partial charge in [-0.3, -0.25) is 9.97 Å². The largest absolute Gasteiger partial charge is 0.387 e. The predicted molar refractivity (Wildman–Crippen MR) is 47.3 cm³/mol. The number of ether oxygens (including phenoxy) is 2. The van der Waals surface area contributed by atoms with Crippen molar-refractivity contribution >= 4 is 0 Å². The fourth-order valence-electron chi connectivity index (χ4n) is 1.33. The first-order valence-corrected chi connectivity index (χ1v) is 4.53. The van der Waals surface area contributed by atoms with Gasteiger partial charge in [-0.1, -0.05) is 0 Å². The Morgan fingerprint density at radius 3 is 2.86 bits per heavy atom. The van der Waals surface area contributed by atoms with E-state index in [0.29, 0.717) is 25.3 Å². The number of aromatic nitrogens is 2. The molecule has 1 aromatic heterocycles. The average Bonchev–Trinajstić information content (AvgIpc) is 2.72. The van der Waals surface area contributed by atoms with E-state index in [0.717, 1.165) is 0 Å². The number of aliphatic hydroxyl groups excluding tert-OH is 1. The standard InChI is InChI=1S/C9H12N2O3/c12-8(5-9-13-3-4-14-9)7-6-10-1-2-11-7/h1-2,6,8-9,12H,3-5H2. The van der Waals surface area contributed by atoms with E-state index in [9.17, 15) is 5.11 Å². The van der Waals surface area contributed by atoms with Crippen LogP contribution >= 0.6 is 0 Å². The molecule has 1 aliphatic rings. The highest BCUT2D eigenvalue weighted by atomic mass is 16.7. The summed E-state index contributed by atoms with van der Waals surface area (Å²) in [7, 11) is 0. The maximum atomic E-state index is 9.72. The summed E-state index contributed by atoms with van der Waals surface area (Å²) >= 11 is 0. The molecule has 76 valence electrons. The molecule has 2 heterocycles. The minimum Gasteiger partial charge on any atom is -0.387 e. The quantitative estimate of drug-likeness (QED) is 0.751. The monoisotopic (exact) mass is 196 g/mol. The Morgan fingerprint density at radius 2 is 2.21 bits per heavy atom. The van der Waals surface area contributed by atoms with Crippen LogP contribution in [0.1, 0.15) is 18.2 Å². The van der Waals surface area contributed by atoms with Gasteiger partial charge in [0.2, 0.25) is 0 Å². The summed E-state index contributed by atoms with van der Waals surface area (Å²) in [6.45, 7) is 1.19. The first kappa shape index (κ1) is 9.51. The van der Waals surface area contributed by atoms with Crippen LogP contribution in [-0.2, 0) is 9.47 Å². The van der Waals surface area contributed by atoms with Crippen molar-refractivity contribution in [2.24, 2.45) is 0 Å². The highest BCUT2D eigenvalue weighted by molar-refractivity contribution is 4.99. The van der Waals surface area contributed by atoms with Gasteiger partial charge < -0.3 is 14.6 Å². The lowest BCUT2D eigenvalue weighted by Gasteiger charge is -2.13. The Balaban J connectivity index is 1.92. The molecule has 1 N–H and O–H groups in total. The molecule has 0 saturated carbocycles. The summed E-state index contributed by atoms with van der Waals surface area (Å²) in [5.41, 5.74) is 0.548. The third-order valence-corrected chi connectivity index (χ3v) is 2.03. The Hall–Kier alpha value is -1.04. The molecule has 1 unspecified atom stereocenters. The summed E-state index contributed by atoms with van der Waals surface area (Å²) in [6.07, 6.45) is 4.07. The van der Waals surface area contributed by atoms with Crippen LogP contribution in [-0.4, -0.2) is 34.6 Å². The molecule has 0 amide bonds. The summed E-state index contributed by atoms with van der Waals surface area (Å²) in [6, 6.07) is 0. The number of hydrogen-bond acceptors (Lipinski definition) is 5. The molecule has 0 bridgehead atoms. The Kier molecular flexibility index (Phi) is 3.03. The summed E-state index contributed by atoms with van der Waals surface area (Å²) < 4.78 is 10.4. The zero-order chi connectivity index (χ0) is 9.80. The van der Waals surface area contributed by atoms with E-state index in [2.05, 4.69) is 9.97 Å². The molecule has 1 saturated heterocycles. The van der Waals surface area contributed by atoms with Gasteiger partial charge in [-0.15, -0.1) is 0 Å². The van der Waals surface area contributed by atoms with Gasteiger partial charge in [0, 0.05) is 18.8 Å². The molecular formula is C9H12N2O3. The molecule has 0 aliphatic carbocycles. The first-order valence-electron chi connectivity index (χ1n) is 4.53. The first-order chi connectivity index (χ1) is 6.86. The van der Waals surface area contributed by atoms with Crippen LogP contribution in [0.15, 0.2) is 18.6 Å². The SMILES string of the molecule is OC(CC1OCCO1)c1cnccn1. The molecule has 0 spiro atoms. The van der Waals surface area contributed by atoms with Gasteiger partial charge in [-0.25, -0.2) is 0 Å². The van der Waals surface area contributed by atoms with Crippen molar-refractivity contribution in [1.29, 1.82) is 0 Å². The van der Waals surface area contributed by atoms with Crippen LogP contribution in [0.5, 0.6) is 0 Å². The Morgan fingerprint density at radius 1 is 1.43 bits per heavy atom. The number of rotatable bonds is 3. The maximum Gasteiger partial charge on any atom is 0.160 e. The van der Waals surface area contributed by atoms with Crippen molar-refractivity contribution in [1.82, 2.24) is 9.97 Å². The zero-order valence-electron chi connectivity index (χ0n) is 7.67. The van der Waals surface area contributed by atoms with Crippen molar-refractivity contribution in [3.8, 4) is 0 Å². The van der Waals surface area contributed by atoms with Crippen molar-refractivity contribution in [3.05, 3.63) is 24.3 Å². The summed E-state index contributed by atoms with van der Waals surface area (Å²) in [5, 5.41) is 9.72. The predicted octanol–water partition coefficient (Wildman–Crippen LogP) is 0.273. The maximum absolute atomic E-state index is 9.72. The van der Waals surface area contributed by atoms with E-state index in [-0.39, 0.29) is 6.29 Å². The lowest BCUT2D eigenvalue weighted by atomic mass is 10.2. The second-order valence-electron chi connectivity index (χ2n) is 3.05. The van der Waals surface area contributed by atoms with Gasteiger partial charge in [0.05, 0.1) is 25.1 Å². The molecule has 1 aromatic rings. The molecule has 0 radical (unpaired) electrons. The Labute approximate surface area is 81.7 Å². The topological polar surface area (TPSA) is 64.5 Å². The zero-order valence-corrected chi connectivity index (χ0v) is 7.67. The van der Waals surface area contributed by atoms with Gasteiger partial charge >= 0.3 is 0 Å². The second-order valence-corrected chi connectivity index (χ2v) is 3.05. The molecule has 0 aromatic carbocycles. The normalized spacial score (nSPS) is 19.8. The minimum atomic E-state index is -0.674. The number of aliphatic hydroxyl groups is 1. The van der Waals surface area contributed by atoms with Gasteiger partial charge in [0.15, 0.2) is 6.29 Å². The van der Waals surface area contributed by atoms with E-state index >= 15 is 0 Å². The fourth-order valence-corrected chi connectivity index (χ4v) is 1.33. The van der Waals surface area contributed by atoms with Crippen LogP contribution in [0.2, 0.25) is 0 Å². The molecule has 5 nitrogen and oxygen atoms in total. The molecule has 14 heavy (non-hydrogen) atoms. The Bertz CT molecular complexity index is 275. The van der Waals surface area contributed by atoms with Crippen molar-refractivity contribution in [2.75, 3.05) is 13.2 Å². The highest BCUT2D eigenvalue weighted by Crippen LogP contribution is 2.19. The average molecular weight is 196 g/mol. The number of hydrogen-bond donors (Lipinski definition) is 1. The molecule has 5 heteroatoms. The minimum absolute atomic E-state index is 0.313. The van der Waals surface area contributed by atoms with Crippen molar-refractivity contribution in [3.63, 3.8) is 0 Å². The molecule has 2 rings (SSSR count). The van der Waals surface area contributed by atoms with Crippen molar-refractivity contribution in [2.45, 2.75) is 18.8 Å².